The number of hydrogen-bond acceptors (Lipinski definition) is 5. The molecule has 6 heteroatoms. The fourth-order valence-corrected chi connectivity index (χ4v) is 2.58. The monoisotopic (exact) mass is 298 g/mol. The third kappa shape index (κ3) is 4.31. The highest BCUT2D eigenvalue weighted by Crippen LogP contribution is 2.28. The molecule has 2 N–H and O–H groups in total. The molecule has 1 aromatic heterocycles. The lowest BCUT2D eigenvalue weighted by Gasteiger charge is -2.14. The summed E-state index contributed by atoms with van der Waals surface area (Å²) in [5.41, 5.74) is 1.42. The van der Waals surface area contributed by atoms with Gasteiger partial charge in [-0.05, 0) is 37.8 Å². The molecule has 112 valence electrons. The number of unbranched alkanes of at least 4 members (excludes halogenated alkanes) is 1. The average Bonchev–Trinajstić information content (AvgIpc) is 2.79. The van der Waals surface area contributed by atoms with Gasteiger partial charge in [0.05, 0.1) is 18.8 Å². The Bertz CT molecular complexity index is 471. The third-order valence-electron chi connectivity index (χ3n) is 2.97. The lowest BCUT2D eigenvalue weighted by atomic mass is 10.2. The van der Waals surface area contributed by atoms with Crippen molar-refractivity contribution >= 4 is 28.9 Å². The van der Waals surface area contributed by atoms with Crippen molar-refractivity contribution in [1.29, 1.82) is 0 Å². The zero-order valence-corrected chi connectivity index (χ0v) is 13.2. The van der Waals surface area contributed by atoms with Gasteiger partial charge in [0, 0.05) is 0 Å². The fourth-order valence-electron chi connectivity index (χ4n) is 1.66. The first kappa shape index (κ1) is 16.7. The molecule has 0 saturated carbocycles. The number of methoxy groups -OCH3 is 1. The highest BCUT2D eigenvalue weighted by atomic mass is 32.1. The molecule has 5 nitrogen and oxygen atoms in total. The van der Waals surface area contributed by atoms with Gasteiger partial charge in [0.15, 0.2) is 0 Å². The van der Waals surface area contributed by atoms with Crippen molar-refractivity contribution in [2.24, 2.45) is 0 Å². The Morgan fingerprint density at radius 1 is 1.45 bits per heavy atom. The molecule has 0 bridgehead atoms. The van der Waals surface area contributed by atoms with E-state index in [2.05, 4.69) is 17.6 Å². The standard InChI is InChI=1S/C14H22N2O3S/c1-5-6-7-15-10(3)13(17)16-11-9(2)8-20-12(11)14(18)19-4/h8,10,15H,5-7H2,1-4H3,(H,16,17)/t10-/m1/s1. The number of esters is 1. The Kier molecular flexibility index (Phi) is 6.67. The van der Waals surface area contributed by atoms with Gasteiger partial charge in [-0.15, -0.1) is 11.3 Å². The normalized spacial score (nSPS) is 12.0. The summed E-state index contributed by atoms with van der Waals surface area (Å²) in [5.74, 6) is -0.572. The second kappa shape index (κ2) is 8.01. The molecule has 0 saturated heterocycles. The zero-order chi connectivity index (χ0) is 15.1. The van der Waals surface area contributed by atoms with Crippen LogP contribution in [0.25, 0.3) is 0 Å². The number of rotatable bonds is 7. The lowest BCUT2D eigenvalue weighted by molar-refractivity contribution is -0.117. The molecule has 0 aliphatic heterocycles. The van der Waals surface area contributed by atoms with Crippen molar-refractivity contribution in [3.05, 3.63) is 15.8 Å². The zero-order valence-electron chi connectivity index (χ0n) is 12.4. The topological polar surface area (TPSA) is 67.4 Å². The number of carbonyl (C=O) groups excluding carboxylic acids is 2. The summed E-state index contributed by atoms with van der Waals surface area (Å²) in [6.45, 7) is 6.57. The molecule has 1 heterocycles. The lowest BCUT2D eigenvalue weighted by Crippen LogP contribution is -2.38. The number of amides is 1. The summed E-state index contributed by atoms with van der Waals surface area (Å²) in [7, 11) is 1.33. The maximum Gasteiger partial charge on any atom is 0.350 e. The van der Waals surface area contributed by atoms with Crippen molar-refractivity contribution in [1.82, 2.24) is 5.32 Å². The quantitative estimate of drug-likeness (QED) is 0.599. The van der Waals surface area contributed by atoms with Gasteiger partial charge in [0.1, 0.15) is 4.88 Å². The fraction of sp³-hybridized carbons (Fsp3) is 0.571. The van der Waals surface area contributed by atoms with Gasteiger partial charge in [0.2, 0.25) is 5.91 Å². The SMILES string of the molecule is CCCCN[C@H](C)C(=O)Nc1c(C)csc1C(=O)OC. The van der Waals surface area contributed by atoms with Crippen LogP contribution in [0, 0.1) is 6.92 Å². The first-order valence-corrected chi connectivity index (χ1v) is 7.59. The van der Waals surface area contributed by atoms with Crippen LogP contribution in [0.1, 0.15) is 41.9 Å². The number of aryl methyl sites for hydroxylation is 1. The van der Waals surface area contributed by atoms with Gasteiger partial charge in [-0.3, -0.25) is 4.79 Å². The predicted molar refractivity (Wildman–Crippen MR) is 81.4 cm³/mol. The molecule has 0 radical (unpaired) electrons. The van der Waals surface area contributed by atoms with Crippen LogP contribution in [0.15, 0.2) is 5.38 Å². The number of ether oxygens (including phenoxy) is 1. The molecular formula is C14H22N2O3S. The first-order valence-electron chi connectivity index (χ1n) is 6.71. The van der Waals surface area contributed by atoms with E-state index in [1.54, 1.807) is 0 Å². The molecule has 0 aromatic carbocycles. The van der Waals surface area contributed by atoms with Crippen LogP contribution < -0.4 is 10.6 Å². The van der Waals surface area contributed by atoms with Gasteiger partial charge < -0.3 is 15.4 Å². The Balaban J connectivity index is 2.70. The molecule has 0 aliphatic rings. The molecule has 0 spiro atoms. The third-order valence-corrected chi connectivity index (χ3v) is 4.05. The summed E-state index contributed by atoms with van der Waals surface area (Å²) < 4.78 is 4.72. The minimum absolute atomic E-state index is 0.146. The molecule has 1 atom stereocenters. The molecule has 20 heavy (non-hydrogen) atoms. The van der Waals surface area contributed by atoms with Gasteiger partial charge in [0.25, 0.3) is 0 Å². The largest absolute Gasteiger partial charge is 0.465 e. The Morgan fingerprint density at radius 3 is 2.75 bits per heavy atom. The summed E-state index contributed by atoms with van der Waals surface area (Å²) in [6, 6.07) is -0.300. The molecule has 0 unspecified atom stereocenters. The van der Waals surface area contributed by atoms with Crippen molar-refractivity contribution in [2.75, 3.05) is 19.0 Å². The van der Waals surface area contributed by atoms with Crippen molar-refractivity contribution in [2.45, 2.75) is 39.7 Å². The van der Waals surface area contributed by atoms with Gasteiger partial charge in [-0.25, -0.2) is 4.79 Å². The van der Waals surface area contributed by atoms with E-state index in [0.29, 0.717) is 10.6 Å². The Labute approximate surface area is 123 Å². The number of hydrogen-bond donors (Lipinski definition) is 2. The molecule has 1 rings (SSSR count). The van der Waals surface area contributed by atoms with E-state index < -0.39 is 5.97 Å². The van der Waals surface area contributed by atoms with Crippen LogP contribution in [0.5, 0.6) is 0 Å². The minimum Gasteiger partial charge on any atom is -0.465 e. The second-order valence-corrected chi connectivity index (χ2v) is 5.51. The smallest absolute Gasteiger partial charge is 0.350 e. The minimum atomic E-state index is -0.426. The summed E-state index contributed by atoms with van der Waals surface area (Å²) in [5, 5.41) is 7.79. The molecule has 0 fully saturated rings. The molecule has 1 amide bonds. The average molecular weight is 298 g/mol. The van der Waals surface area contributed by atoms with E-state index >= 15 is 0 Å². The first-order chi connectivity index (χ1) is 9.51. The van der Waals surface area contributed by atoms with E-state index in [4.69, 9.17) is 4.74 Å². The maximum absolute atomic E-state index is 12.1. The second-order valence-electron chi connectivity index (χ2n) is 4.63. The van der Waals surface area contributed by atoms with Crippen LogP contribution in [0.2, 0.25) is 0 Å². The number of nitrogens with one attached hydrogen (secondary N) is 2. The Hall–Kier alpha value is -1.40. The number of carbonyl (C=O) groups is 2. The van der Waals surface area contributed by atoms with E-state index in [1.165, 1.54) is 18.4 Å². The van der Waals surface area contributed by atoms with Gasteiger partial charge >= 0.3 is 5.97 Å². The van der Waals surface area contributed by atoms with Gasteiger partial charge in [-0.1, -0.05) is 13.3 Å². The van der Waals surface area contributed by atoms with E-state index in [-0.39, 0.29) is 11.9 Å². The van der Waals surface area contributed by atoms with Gasteiger partial charge in [-0.2, -0.15) is 0 Å². The van der Waals surface area contributed by atoms with Crippen molar-refractivity contribution in [3.8, 4) is 0 Å². The summed E-state index contributed by atoms with van der Waals surface area (Å²) >= 11 is 1.27. The summed E-state index contributed by atoms with van der Waals surface area (Å²) in [4.78, 5) is 24.2. The van der Waals surface area contributed by atoms with E-state index in [9.17, 15) is 9.59 Å². The highest BCUT2D eigenvalue weighted by Gasteiger charge is 2.20. The molecule has 1 aromatic rings. The van der Waals surface area contributed by atoms with Crippen LogP contribution in [-0.2, 0) is 9.53 Å². The predicted octanol–water partition coefficient (Wildman–Crippen LogP) is 2.56. The van der Waals surface area contributed by atoms with E-state index in [0.717, 1.165) is 24.9 Å². The molecule has 0 aliphatic carbocycles. The highest BCUT2D eigenvalue weighted by molar-refractivity contribution is 7.12. The number of anilines is 1. The van der Waals surface area contributed by atoms with Crippen LogP contribution in [0.3, 0.4) is 0 Å². The molecular weight excluding hydrogens is 276 g/mol. The maximum atomic E-state index is 12.1. The summed E-state index contributed by atoms with van der Waals surface area (Å²) in [6.07, 6.45) is 2.11. The Morgan fingerprint density at radius 2 is 2.15 bits per heavy atom. The van der Waals surface area contributed by atoms with Crippen LogP contribution in [-0.4, -0.2) is 31.6 Å². The van der Waals surface area contributed by atoms with Crippen LogP contribution >= 0.6 is 11.3 Å². The number of thiophene rings is 1. The van der Waals surface area contributed by atoms with Crippen LogP contribution in [0.4, 0.5) is 5.69 Å². The van der Waals surface area contributed by atoms with E-state index in [1.807, 2.05) is 19.2 Å². The van der Waals surface area contributed by atoms with Crippen molar-refractivity contribution < 1.29 is 14.3 Å². The van der Waals surface area contributed by atoms with Crippen molar-refractivity contribution in [3.63, 3.8) is 0 Å².